The number of terminal acetylenes is 1. The lowest BCUT2D eigenvalue weighted by Gasteiger charge is -2.48. The second-order valence-electron chi connectivity index (χ2n) is 6.16. The molecular formula is C17H30N2O. The van der Waals surface area contributed by atoms with Crippen LogP contribution in [0, 0.1) is 12.3 Å². The first-order valence-electron chi connectivity index (χ1n) is 8.33. The number of ether oxygens (including phenoxy) is 1. The van der Waals surface area contributed by atoms with Gasteiger partial charge in [-0.25, -0.2) is 0 Å². The Balaban J connectivity index is 2.11. The molecule has 0 bridgehead atoms. The number of hydrogen-bond acceptors (Lipinski definition) is 3. The lowest BCUT2D eigenvalue weighted by Crippen LogP contribution is -2.62. The van der Waals surface area contributed by atoms with Gasteiger partial charge in [0.25, 0.3) is 0 Å². The normalized spacial score (nSPS) is 24.4. The molecule has 0 spiro atoms. The van der Waals surface area contributed by atoms with Gasteiger partial charge in [-0.05, 0) is 32.2 Å². The van der Waals surface area contributed by atoms with Crippen molar-refractivity contribution in [3.63, 3.8) is 0 Å². The van der Waals surface area contributed by atoms with Gasteiger partial charge in [0.15, 0.2) is 0 Å². The molecule has 1 saturated carbocycles. The molecule has 1 atom stereocenters. The molecule has 0 amide bonds. The molecular weight excluding hydrogens is 248 g/mol. The molecule has 3 heteroatoms. The van der Waals surface area contributed by atoms with E-state index >= 15 is 0 Å². The fourth-order valence-electron chi connectivity index (χ4n) is 3.99. The van der Waals surface area contributed by atoms with E-state index in [1.54, 1.807) is 0 Å². The van der Waals surface area contributed by atoms with E-state index in [-0.39, 0.29) is 0 Å². The summed E-state index contributed by atoms with van der Waals surface area (Å²) in [6.07, 6.45) is 14.0. The number of nitrogens with one attached hydrogen (secondary N) is 1. The summed E-state index contributed by atoms with van der Waals surface area (Å²) in [6, 6.07) is 0.541. The molecule has 0 aromatic carbocycles. The molecule has 2 aliphatic rings. The molecule has 2 fully saturated rings. The highest BCUT2D eigenvalue weighted by molar-refractivity contribution is 5.05. The molecule has 1 unspecified atom stereocenters. The van der Waals surface area contributed by atoms with Crippen molar-refractivity contribution >= 4 is 0 Å². The van der Waals surface area contributed by atoms with E-state index < -0.39 is 0 Å². The van der Waals surface area contributed by atoms with Crippen molar-refractivity contribution < 1.29 is 4.74 Å². The van der Waals surface area contributed by atoms with Gasteiger partial charge in [0, 0.05) is 31.1 Å². The third-order valence-electron chi connectivity index (χ3n) is 4.98. The van der Waals surface area contributed by atoms with Crippen molar-refractivity contribution in [3.8, 4) is 12.3 Å². The molecule has 20 heavy (non-hydrogen) atoms. The Morgan fingerprint density at radius 1 is 1.30 bits per heavy atom. The second-order valence-corrected chi connectivity index (χ2v) is 6.16. The summed E-state index contributed by atoms with van der Waals surface area (Å²) in [5.41, 5.74) is 0.329. The highest BCUT2D eigenvalue weighted by atomic mass is 16.5. The quantitative estimate of drug-likeness (QED) is 0.724. The number of nitrogens with zero attached hydrogens (tertiary/aromatic N) is 1. The van der Waals surface area contributed by atoms with Gasteiger partial charge in [0.2, 0.25) is 0 Å². The standard InChI is InChI=1S/C17H30N2O/c1-3-5-8-16(18-11-4-2)17(9-6-7-10-17)19-12-14-20-15-13-19/h1,16,18H,4-15H2,2H3. The summed E-state index contributed by atoms with van der Waals surface area (Å²) < 4.78 is 5.55. The Kier molecular flexibility index (Phi) is 6.35. The van der Waals surface area contributed by atoms with Gasteiger partial charge < -0.3 is 10.1 Å². The number of hydrogen-bond donors (Lipinski definition) is 1. The topological polar surface area (TPSA) is 24.5 Å². The summed E-state index contributed by atoms with van der Waals surface area (Å²) in [6.45, 7) is 7.28. The summed E-state index contributed by atoms with van der Waals surface area (Å²) in [4.78, 5) is 2.70. The van der Waals surface area contributed by atoms with Crippen LogP contribution in [-0.4, -0.2) is 49.3 Å². The molecule has 114 valence electrons. The van der Waals surface area contributed by atoms with E-state index in [2.05, 4.69) is 23.1 Å². The van der Waals surface area contributed by atoms with E-state index in [1.165, 1.54) is 32.1 Å². The van der Waals surface area contributed by atoms with Crippen molar-refractivity contribution in [2.45, 2.75) is 63.5 Å². The average molecular weight is 278 g/mol. The predicted octanol–water partition coefficient (Wildman–Crippen LogP) is 2.41. The van der Waals surface area contributed by atoms with Crippen LogP contribution in [-0.2, 0) is 4.74 Å². The smallest absolute Gasteiger partial charge is 0.0594 e. The van der Waals surface area contributed by atoms with Crippen LogP contribution in [0.5, 0.6) is 0 Å². The summed E-state index contributed by atoms with van der Waals surface area (Å²) >= 11 is 0. The fraction of sp³-hybridized carbons (Fsp3) is 0.882. The molecule has 1 aliphatic heterocycles. The van der Waals surface area contributed by atoms with E-state index in [4.69, 9.17) is 11.2 Å². The van der Waals surface area contributed by atoms with Gasteiger partial charge in [0.05, 0.1) is 13.2 Å². The maximum Gasteiger partial charge on any atom is 0.0594 e. The lowest BCUT2D eigenvalue weighted by atomic mass is 9.83. The van der Waals surface area contributed by atoms with Gasteiger partial charge in [-0.3, -0.25) is 4.90 Å². The van der Waals surface area contributed by atoms with Crippen LogP contribution in [0.15, 0.2) is 0 Å². The van der Waals surface area contributed by atoms with Crippen LogP contribution >= 0.6 is 0 Å². The third-order valence-corrected chi connectivity index (χ3v) is 4.98. The van der Waals surface area contributed by atoms with E-state index in [0.29, 0.717) is 11.6 Å². The Hall–Kier alpha value is -0.560. The molecule has 0 radical (unpaired) electrons. The van der Waals surface area contributed by atoms with Gasteiger partial charge in [-0.2, -0.15) is 0 Å². The minimum absolute atomic E-state index is 0.329. The molecule has 2 rings (SSSR count). The van der Waals surface area contributed by atoms with Crippen LogP contribution in [0.3, 0.4) is 0 Å². The zero-order valence-electron chi connectivity index (χ0n) is 13.0. The maximum atomic E-state index is 5.55. The van der Waals surface area contributed by atoms with Crippen LogP contribution in [0.2, 0.25) is 0 Å². The van der Waals surface area contributed by atoms with Gasteiger partial charge >= 0.3 is 0 Å². The van der Waals surface area contributed by atoms with Gasteiger partial charge in [-0.1, -0.05) is 19.8 Å². The Morgan fingerprint density at radius 3 is 2.60 bits per heavy atom. The summed E-state index contributed by atoms with van der Waals surface area (Å²) in [5.74, 6) is 2.84. The molecule has 1 N–H and O–H groups in total. The van der Waals surface area contributed by atoms with E-state index in [9.17, 15) is 0 Å². The van der Waals surface area contributed by atoms with Crippen molar-refractivity contribution in [2.75, 3.05) is 32.8 Å². The highest BCUT2D eigenvalue weighted by Gasteiger charge is 2.45. The summed E-state index contributed by atoms with van der Waals surface area (Å²) in [5, 5.41) is 3.81. The Labute approximate surface area is 124 Å². The second kappa shape index (κ2) is 8.02. The lowest BCUT2D eigenvalue weighted by molar-refractivity contribution is -0.0366. The van der Waals surface area contributed by atoms with Crippen molar-refractivity contribution in [1.82, 2.24) is 10.2 Å². The predicted molar refractivity (Wildman–Crippen MR) is 83.7 cm³/mol. The zero-order valence-corrected chi connectivity index (χ0v) is 13.0. The number of rotatable bonds is 7. The van der Waals surface area contributed by atoms with E-state index in [1.807, 2.05) is 0 Å². The minimum Gasteiger partial charge on any atom is -0.379 e. The number of morpholine rings is 1. The maximum absolute atomic E-state index is 5.55. The van der Waals surface area contributed by atoms with Gasteiger partial charge in [-0.15, -0.1) is 12.3 Å². The monoisotopic (exact) mass is 278 g/mol. The van der Waals surface area contributed by atoms with Crippen molar-refractivity contribution in [1.29, 1.82) is 0 Å². The van der Waals surface area contributed by atoms with Crippen molar-refractivity contribution in [3.05, 3.63) is 0 Å². The first kappa shape index (κ1) is 15.8. The largest absolute Gasteiger partial charge is 0.379 e. The Morgan fingerprint density at radius 2 is 2.00 bits per heavy atom. The third kappa shape index (κ3) is 3.55. The first-order valence-corrected chi connectivity index (χ1v) is 8.33. The van der Waals surface area contributed by atoms with Gasteiger partial charge in [0.1, 0.15) is 0 Å². The fourth-order valence-corrected chi connectivity index (χ4v) is 3.99. The Bertz CT molecular complexity index is 311. The molecule has 3 nitrogen and oxygen atoms in total. The van der Waals surface area contributed by atoms with Crippen LogP contribution < -0.4 is 5.32 Å². The highest BCUT2D eigenvalue weighted by Crippen LogP contribution is 2.40. The zero-order chi connectivity index (χ0) is 14.3. The van der Waals surface area contributed by atoms with Crippen LogP contribution in [0.1, 0.15) is 51.9 Å². The van der Waals surface area contributed by atoms with E-state index in [0.717, 1.165) is 45.7 Å². The SMILES string of the molecule is C#CCCC(NCCC)C1(N2CCOCC2)CCCC1. The minimum atomic E-state index is 0.329. The molecule has 0 aromatic rings. The molecule has 1 saturated heterocycles. The molecule has 1 heterocycles. The van der Waals surface area contributed by atoms with Crippen LogP contribution in [0.25, 0.3) is 0 Å². The molecule has 0 aromatic heterocycles. The summed E-state index contributed by atoms with van der Waals surface area (Å²) in [7, 11) is 0. The first-order chi connectivity index (χ1) is 9.83. The van der Waals surface area contributed by atoms with Crippen molar-refractivity contribution in [2.24, 2.45) is 0 Å². The average Bonchev–Trinajstić information content (AvgIpc) is 2.99. The van der Waals surface area contributed by atoms with Crippen LogP contribution in [0.4, 0.5) is 0 Å². The molecule has 1 aliphatic carbocycles.